The van der Waals surface area contributed by atoms with Crippen molar-refractivity contribution in [2.75, 3.05) is 6.61 Å². The van der Waals surface area contributed by atoms with Gasteiger partial charge in [0, 0.05) is 11.6 Å². The van der Waals surface area contributed by atoms with Gasteiger partial charge in [-0.1, -0.05) is 65.2 Å². The smallest absolute Gasteiger partial charge is 0.253 e. The summed E-state index contributed by atoms with van der Waals surface area (Å²) < 4.78 is 6.05. The number of carbonyl (C=O) groups is 1. The number of amides is 1. The van der Waals surface area contributed by atoms with Gasteiger partial charge in [-0.2, -0.15) is 5.26 Å². The van der Waals surface area contributed by atoms with Crippen molar-refractivity contribution < 1.29 is 14.3 Å². The number of halogens is 2. The van der Waals surface area contributed by atoms with E-state index >= 15 is 0 Å². The van der Waals surface area contributed by atoms with Crippen LogP contribution in [-0.2, 0) is 13.0 Å². The minimum absolute atomic E-state index is 0.136. The maximum Gasteiger partial charge on any atom is 0.253 e. The molecule has 1 amide bonds. The second-order valence-corrected chi connectivity index (χ2v) is 10.3. The minimum Gasteiger partial charge on any atom is -0.460 e. The molecule has 3 aromatic carbocycles. The summed E-state index contributed by atoms with van der Waals surface area (Å²) in [6, 6.07) is 23.8. The second kappa shape index (κ2) is 13.0. The van der Waals surface area contributed by atoms with Gasteiger partial charge < -0.3 is 20.2 Å². The average Bonchev–Trinajstić information content (AvgIpc) is 3.40. The molecule has 0 fully saturated rings. The molecule has 0 saturated carbocycles. The van der Waals surface area contributed by atoms with Crippen LogP contribution in [0.25, 0.3) is 11.3 Å². The van der Waals surface area contributed by atoms with Crippen LogP contribution in [0, 0.1) is 18.3 Å². The molecule has 4 aromatic rings. The third kappa shape index (κ3) is 7.29. The van der Waals surface area contributed by atoms with Crippen LogP contribution in [-0.4, -0.2) is 23.7 Å². The van der Waals surface area contributed by atoms with Crippen molar-refractivity contribution in [1.29, 1.82) is 5.26 Å². The molecule has 2 atom stereocenters. The van der Waals surface area contributed by atoms with Gasteiger partial charge in [-0.3, -0.25) is 4.79 Å². The van der Waals surface area contributed by atoms with Crippen molar-refractivity contribution in [2.45, 2.75) is 38.9 Å². The Hall–Kier alpha value is -3.60. The maximum absolute atomic E-state index is 13.1. The lowest BCUT2D eigenvalue weighted by molar-refractivity contribution is 0.0916. The van der Waals surface area contributed by atoms with Crippen molar-refractivity contribution in [3.63, 3.8) is 0 Å². The predicted molar refractivity (Wildman–Crippen MR) is 154 cm³/mol. The van der Waals surface area contributed by atoms with Crippen molar-refractivity contribution >= 4 is 29.1 Å². The largest absolute Gasteiger partial charge is 0.460 e. The van der Waals surface area contributed by atoms with Gasteiger partial charge in [-0.25, -0.2) is 0 Å². The monoisotopic (exact) mass is 561 g/mol. The molecule has 1 aromatic heterocycles. The number of nitrogens with one attached hydrogen (secondary N) is 2. The summed E-state index contributed by atoms with van der Waals surface area (Å²) in [5, 5.41) is 25.7. The Morgan fingerprint density at radius 2 is 1.74 bits per heavy atom. The van der Waals surface area contributed by atoms with Gasteiger partial charge >= 0.3 is 0 Å². The third-order valence-electron chi connectivity index (χ3n) is 6.51. The fraction of sp³-hybridized carbons (Fsp3) is 0.226. The Bertz CT molecular complexity index is 1470. The van der Waals surface area contributed by atoms with Crippen molar-refractivity contribution in [2.24, 2.45) is 0 Å². The van der Waals surface area contributed by atoms with Crippen molar-refractivity contribution in [1.82, 2.24) is 10.6 Å². The average molecular weight is 562 g/mol. The first-order chi connectivity index (χ1) is 18.8. The van der Waals surface area contributed by atoms with E-state index in [1.165, 1.54) is 17.2 Å². The molecule has 6 nitrogen and oxygen atoms in total. The van der Waals surface area contributed by atoms with Crippen LogP contribution in [0.15, 0.2) is 77.2 Å². The van der Waals surface area contributed by atoms with E-state index in [-0.39, 0.29) is 23.2 Å². The highest BCUT2D eigenvalue weighted by molar-refractivity contribution is 6.38. The summed E-state index contributed by atoms with van der Waals surface area (Å²) in [5.41, 5.74) is 4.58. The summed E-state index contributed by atoms with van der Waals surface area (Å²) in [7, 11) is 0. The Morgan fingerprint density at radius 1 is 1.03 bits per heavy atom. The summed E-state index contributed by atoms with van der Waals surface area (Å²) in [6.45, 7) is 4.41. The lowest BCUT2D eigenvalue weighted by atomic mass is 10.0. The second-order valence-electron chi connectivity index (χ2n) is 9.46. The molecule has 1 heterocycles. The number of furan rings is 1. The molecule has 0 bridgehead atoms. The van der Waals surface area contributed by atoms with Gasteiger partial charge in [-0.05, 0) is 67.8 Å². The summed E-state index contributed by atoms with van der Waals surface area (Å²) in [6.07, 6.45) is 0.390. The number of rotatable bonds is 10. The summed E-state index contributed by atoms with van der Waals surface area (Å²) >= 11 is 12.9. The van der Waals surface area contributed by atoms with Crippen LogP contribution in [0.4, 0.5) is 0 Å². The van der Waals surface area contributed by atoms with E-state index in [4.69, 9.17) is 32.9 Å². The molecule has 0 radical (unpaired) electrons. The molecule has 0 aliphatic rings. The molecule has 0 aliphatic carbocycles. The Labute approximate surface area is 238 Å². The lowest BCUT2D eigenvalue weighted by Crippen LogP contribution is -2.39. The van der Waals surface area contributed by atoms with E-state index in [9.17, 15) is 9.90 Å². The number of benzene rings is 3. The first kappa shape index (κ1) is 28.4. The molecular weight excluding hydrogens is 533 g/mol. The number of nitriles is 1. The molecule has 0 spiro atoms. The third-order valence-corrected chi connectivity index (χ3v) is 7.13. The molecule has 8 heteroatoms. The van der Waals surface area contributed by atoms with Crippen LogP contribution < -0.4 is 10.6 Å². The van der Waals surface area contributed by atoms with Gasteiger partial charge in [0.05, 0.1) is 46.4 Å². The fourth-order valence-corrected chi connectivity index (χ4v) is 4.74. The minimum atomic E-state index is -0.544. The maximum atomic E-state index is 13.1. The van der Waals surface area contributed by atoms with Crippen molar-refractivity contribution in [3.8, 4) is 17.4 Å². The van der Waals surface area contributed by atoms with Crippen LogP contribution in [0.2, 0.25) is 10.0 Å². The van der Waals surface area contributed by atoms with E-state index in [2.05, 4.69) is 54.8 Å². The molecule has 0 saturated heterocycles. The topological polar surface area (TPSA) is 98.3 Å². The van der Waals surface area contributed by atoms with Gasteiger partial charge in [0.25, 0.3) is 5.91 Å². The van der Waals surface area contributed by atoms with E-state index in [0.717, 1.165) is 11.3 Å². The van der Waals surface area contributed by atoms with Crippen LogP contribution >= 0.6 is 23.2 Å². The van der Waals surface area contributed by atoms with Gasteiger partial charge in [-0.15, -0.1) is 0 Å². The quantitative estimate of drug-likeness (QED) is 0.202. The SMILES string of the molecule is Cc1ccc(C(C)NCc2ccc(-c3cc(C(=O)NC(CO)Cc4ccc(C#N)cc4)c(Cl)cc3Cl)o2)cc1. The molecule has 4 rings (SSSR count). The predicted octanol–water partition coefficient (Wildman–Crippen LogP) is 6.62. The summed E-state index contributed by atoms with van der Waals surface area (Å²) in [5.74, 6) is 0.802. The zero-order chi connectivity index (χ0) is 27.9. The Morgan fingerprint density at radius 3 is 2.41 bits per heavy atom. The highest BCUT2D eigenvalue weighted by Gasteiger charge is 2.20. The van der Waals surface area contributed by atoms with E-state index < -0.39 is 11.9 Å². The van der Waals surface area contributed by atoms with Gasteiger partial charge in [0.2, 0.25) is 0 Å². The molecular formula is C31H29Cl2N3O3. The van der Waals surface area contributed by atoms with E-state index in [1.807, 2.05) is 12.1 Å². The van der Waals surface area contributed by atoms with E-state index in [1.54, 1.807) is 30.3 Å². The molecule has 2 unspecified atom stereocenters. The number of aliphatic hydroxyl groups excluding tert-OH is 1. The van der Waals surface area contributed by atoms with Crippen molar-refractivity contribution in [3.05, 3.63) is 116 Å². The van der Waals surface area contributed by atoms with Gasteiger partial charge in [0.1, 0.15) is 11.5 Å². The number of hydrogen-bond donors (Lipinski definition) is 3. The van der Waals surface area contributed by atoms with Crippen LogP contribution in [0.5, 0.6) is 0 Å². The molecule has 0 aliphatic heterocycles. The number of carbonyl (C=O) groups excluding carboxylic acids is 1. The molecule has 3 N–H and O–H groups in total. The standard InChI is InChI=1S/C31H29Cl2N3O3/c1-19-3-9-23(10-4-19)20(2)35-17-25-11-12-30(39-25)26-14-27(29(33)15-28(26)32)31(38)36-24(18-37)13-21-5-7-22(16-34)8-6-21/h3-12,14-15,20,24,35,37H,13,17-18H2,1-2H3,(H,36,38). The lowest BCUT2D eigenvalue weighted by Gasteiger charge is -2.17. The number of aryl methyl sites for hydroxylation is 1. The summed E-state index contributed by atoms with van der Waals surface area (Å²) in [4.78, 5) is 13.1. The number of nitrogens with zero attached hydrogens (tertiary/aromatic N) is 1. The highest BCUT2D eigenvalue weighted by Crippen LogP contribution is 2.34. The number of hydrogen-bond acceptors (Lipinski definition) is 5. The normalized spacial score (nSPS) is 12.5. The van der Waals surface area contributed by atoms with Crippen LogP contribution in [0.3, 0.4) is 0 Å². The highest BCUT2D eigenvalue weighted by atomic mass is 35.5. The van der Waals surface area contributed by atoms with Gasteiger partial charge in [0.15, 0.2) is 0 Å². The van der Waals surface area contributed by atoms with E-state index in [0.29, 0.717) is 34.9 Å². The number of aliphatic hydroxyl groups is 1. The first-order valence-corrected chi connectivity index (χ1v) is 13.3. The zero-order valence-corrected chi connectivity index (χ0v) is 23.2. The molecule has 39 heavy (non-hydrogen) atoms. The Kier molecular flexibility index (Phi) is 9.45. The fourth-order valence-electron chi connectivity index (χ4n) is 4.18. The van der Waals surface area contributed by atoms with Crippen LogP contribution in [0.1, 0.15) is 51.3 Å². The first-order valence-electron chi connectivity index (χ1n) is 12.6. The zero-order valence-electron chi connectivity index (χ0n) is 21.7. The Balaban J connectivity index is 1.45. The molecule has 200 valence electrons.